The van der Waals surface area contributed by atoms with E-state index in [1.165, 1.54) is 6.92 Å². The molecule has 0 saturated carbocycles. The van der Waals surface area contributed by atoms with Crippen LogP contribution in [-0.2, 0) is 16.0 Å². The lowest BCUT2D eigenvalue weighted by Crippen LogP contribution is -2.53. The van der Waals surface area contributed by atoms with Crippen LogP contribution in [0.4, 0.5) is 0 Å². The van der Waals surface area contributed by atoms with Crippen LogP contribution in [0.25, 0.3) is 0 Å². The van der Waals surface area contributed by atoms with Crippen molar-refractivity contribution in [3.8, 4) is 11.5 Å². The molecule has 8 heteroatoms. The van der Waals surface area contributed by atoms with E-state index >= 15 is 0 Å². The number of nitrogens with one attached hydrogen (secondary N) is 2. The highest BCUT2D eigenvalue weighted by Crippen LogP contribution is 2.20. The predicted octanol–water partition coefficient (Wildman–Crippen LogP) is 2.17. The molecule has 2 aromatic rings. The van der Waals surface area contributed by atoms with Gasteiger partial charge in [-0.2, -0.15) is 0 Å². The molecule has 33 heavy (non-hydrogen) atoms. The van der Waals surface area contributed by atoms with E-state index in [1.807, 2.05) is 24.3 Å². The summed E-state index contributed by atoms with van der Waals surface area (Å²) in [6.45, 7) is 2.47. The molecule has 176 valence electrons. The van der Waals surface area contributed by atoms with Crippen molar-refractivity contribution in [3.63, 3.8) is 0 Å². The Balaban J connectivity index is 1.58. The first-order valence-corrected chi connectivity index (χ1v) is 11.0. The third-order valence-electron chi connectivity index (χ3n) is 5.76. The van der Waals surface area contributed by atoms with Gasteiger partial charge < -0.3 is 25.0 Å². The molecule has 1 aliphatic rings. The second-order valence-electron chi connectivity index (χ2n) is 8.08. The van der Waals surface area contributed by atoms with Gasteiger partial charge in [0.2, 0.25) is 11.8 Å². The molecular formula is C25H31N3O5. The zero-order valence-corrected chi connectivity index (χ0v) is 19.3. The second-order valence-corrected chi connectivity index (χ2v) is 8.08. The number of carbonyl (C=O) groups is 3. The van der Waals surface area contributed by atoms with Gasteiger partial charge in [-0.25, -0.2) is 0 Å². The second kappa shape index (κ2) is 11.4. The zero-order valence-electron chi connectivity index (χ0n) is 19.3. The Hall–Kier alpha value is -3.55. The van der Waals surface area contributed by atoms with E-state index in [9.17, 15) is 14.4 Å². The maximum Gasteiger partial charge on any atom is 0.253 e. The molecular weight excluding hydrogens is 422 g/mol. The lowest BCUT2D eigenvalue weighted by Gasteiger charge is -2.33. The number of hydrogen-bond acceptors (Lipinski definition) is 5. The molecule has 0 unspecified atom stereocenters. The maximum atomic E-state index is 13.0. The fourth-order valence-corrected chi connectivity index (χ4v) is 4.01. The monoisotopic (exact) mass is 453 g/mol. The molecule has 0 radical (unpaired) electrons. The lowest BCUT2D eigenvalue weighted by atomic mass is 10.0. The minimum Gasteiger partial charge on any atom is -0.497 e. The van der Waals surface area contributed by atoms with E-state index in [0.29, 0.717) is 49.4 Å². The van der Waals surface area contributed by atoms with Gasteiger partial charge >= 0.3 is 0 Å². The summed E-state index contributed by atoms with van der Waals surface area (Å²) in [4.78, 5) is 39.3. The highest BCUT2D eigenvalue weighted by molar-refractivity contribution is 5.94. The van der Waals surface area contributed by atoms with Crippen LogP contribution in [0.3, 0.4) is 0 Å². The van der Waals surface area contributed by atoms with Crippen molar-refractivity contribution in [2.75, 3.05) is 27.3 Å². The number of ether oxygens (including phenoxy) is 2. The molecule has 2 N–H and O–H groups in total. The molecule has 0 aromatic heterocycles. The summed E-state index contributed by atoms with van der Waals surface area (Å²) in [6.07, 6.45) is 1.61. The summed E-state index contributed by atoms with van der Waals surface area (Å²) in [5.41, 5.74) is 1.42. The van der Waals surface area contributed by atoms with Gasteiger partial charge in [-0.3, -0.25) is 14.4 Å². The summed E-state index contributed by atoms with van der Waals surface area (Å²) >= 11 is 0. The largest absolute Gasteiger partial charge is 0.497 e. The summed E-state index contributed by atoms with van der Waals surface area (Å²) in [6, 6.07) is 13.7. The average Bonchev–Trinajstić information content (AvgIpc) is 2.83. The Kier molecular flexibility index (Phi) is 8.29. The molecule has 1 atom stereocenters. The van der Waals surface area contributed by atoms with Gasteiger partial charge in [0.05, 0.1) is 14.2 Å². The van der Waals surface area contributed by atoms with Crippen molar-refractivity contribution < 1.29 is 23.9 Å². The van der Waals surface area contributed by atoms with Gasteiger partial charge in [0, 0.05) is 38.0 Å². The van der Waals surface area contributed by atoms with E-state index in [0.717, 1.165) is 5.56 Å². The van der Waals surface area contributed by atoms with Crippen molar-refractivity contribution in [2.45, 2.75) is 38.3 Å². The number of methoxy groups -OCH3 is 2. The number of likely N-dealkylation sites (tertiary alicyclic amines) is 1. The Bertz CT molecular complexity index is 986. The maximum absolute atomic E-state index is 13.0. The number of carbonyl (C=O) groups excluding carboxylic acids is 3. The van der Waals surface area contributed by atoms with Crippen LogP contribution in [0, 0.1) is 0 Å². The molecule has 1 saturated heterocycles. The van der Waals surface area contributed by atoms with Gasteiger partial charge in [-0.05, 0) is 42.7 Å². The number of para-hydroxylation sites is 1. The van der Waals surface area contributed by atoms with Crippen molar-refractivity contribution in [1.82, 2.24) is 15.5 Å². The third-order valence-corrected chi connectivity index (χ3v) is 5.76. The van der Waals surface area contributed by atoms with Gasteiger partial charge in [0.25, 0.3) is 5.91 Å². The topological polar surface area (TPSA) is 97.0 Å². The molecule has 2 aromatic carbocycles. The van der Waals surface area contributed by atoms with Gasteiger partial charge in [0.1, 0.15) is 17.5 Å². The summed E-state index contributed by atoms with van der Waals surface area (Å²) < 4.78 is 10.6. The molecule has 0 bridgehead atoms. The fourth-order valence-electron chi connectivity index (χ4n) is 4.01. The van der Waals surface area contributed by atoms with Crippen molar-refractivity contribution in [2.24, 2.45) is 0 Å². The van der Waals surface area contributed by atoms with E-state index in [-0.39, 0.29) is 23.8 Å². The molecule has 8 nitrogen and oxygen atoms in total. The molecule has 3 amide bonds. The van der Waals surface area contributed by atoms with E-state index < -0.39 is 6.04 Å². The van der Waals surface area contributed by atoms with E-state index in [2.05, 4.69) is 10.6 Å². The quantitative estimate of drug-likeness (QED) is 0.639. The van der Waals surface area contributed by atoms with Crippen molar-refractivity contribution in [1.29, 1.82) is 0 Å². The molecule has 3 rings (SSSR count). The van der Waals surface area contributed by atoms with E-state index in [4.69, 9.17) is 9.47 Å². The molecule has 1 aliphatic heterocycles. The standard InChI is InChI=1S/C25H31N3O5/c1-17(29)26-22(16-18-7-4-5-10-23(18)33-3)24(30)27-20-11-13-28(14-12-20)25(31)19-8-6-9-21(15-19)32-2/h4-10,15,20,22H,11-14,16H2,1-3H3,(H,26,29)(H,27,30)/t22-/m0/s1. The normalized spacial score (nSPS) is 14.8. The molecule has 0 aliphatic carbocycles. The van der Waals surface area contributed by atoms with Crippen LogP contribution in [-0.4, -0.2) is 62.0 Å². The van der Waals surface area contributed by atoms with Crippen LogP contribution in [0.5, 0.6) is 11.5 Å². The van der Waals surface area contributed by atoms with Crippen LogP contribution in [0.1, 0.15) is 35.7 Å². The van der Waals surface area contributed by atoms with E-state index in [1.54, 1.807) is 43.4 Å². The van der Waals surface area contributed by atoms with Gasteiger partial charge in [-0.15, -0.1) is 0 Å². The van der Waals surface area contributed by atoms with Crippen LogP contribution < -0.4 is 20.1 Å². The highest BCUT2D eigenvalue weighted by Gasteiger charge is 2.28. The Morgan fingerprint density at radius 1 is 1.03 bits per heavy atom. The van der Waals surface area contributed by atoms with Gasteiger partial charge in [0.15, 0.2) is 0 Å². The minimum atomic E-state index is -0.713. The smallest absolute Gasteiger partial charge is 0.253 e. The number of rotatable bonds is 8. The average molecular weight is 454 g/mol. The molecule has 0 spiro atoms. The van der Waals surface area contributed by atoms with Crippen LogP contribution >= 0.6 is 0 Å². The molecule has 1 fully saturated rings. The number of nitrogens with zero attached hydrogens (tertiary/aromatic N) is 1. The first-order chi connectivity index (χ1) is 15.9. The first kappa shape index (κ1) is 24.1. The Morgan fingerprint density at radius 3 is 2.42 bits per heavy atom. The SMILES string of the molecule is COc1cccc(C(=O)N2CCC(NC(=O)[C@H](Cc3ccccc3OC)NC(C)=O)CC2)c1. The fraction of sp³-hybridized carbons (Fsp3) is 0.400. The Morgan fingerprint density at radius 2 is 1.76 bits per heavy atom. The summed E-state index contributed by atoms with van der Waals surface area (Å²) in [7, 11) is 3.15. The highest BCUT2D eigenvalue weighted by atomic mass is 16.5. The molecule has 1 heterocycles. The summed E-state index contributed by atoms with van der Waals surface area (Å²) in [5, 5.41) is 5.79. The van der Waals surface area contributed by atoms with Crippen molar-refractivity contribution >= 4 is 17.7 Å². The lowest BCUT2D eigenvalue weighted by molar-refractivity contribution is -0.128. The first-order valence-electron chi connectivity index (χ1n) is 11.0. The van der Waals surface area contributed by atoms with Gasteiger partial charge in [-0.1, -0.05) is 24.3 Å². The minimum absolute atomic E-state index is 0.0500. The van der Waals surface area contributed by atoms with Crippen LogP contribution in [0.2, 0.25) is 0 Å². The predicted molar refractivity (Wildman–Crippen MR) is 124 cm³/mol. The zero-order chi connectivity index (χ0) is 23.8. The van der Waals surface area contributed by atoms with Crippen LogP contribution in [0.15, 0.2) is 48.5 Å². The Labute approximate surface area is 194 Å². The summed E-state index contributed by atoms with van der Waals surface area (Å²) in [5.74, 6) is 0.746. The third kappa shape index (κ3) is 6.47. The number of amides is 3. The number of hydrogen-bond donors (Lipinski definition) is 2. The number of piperidine rings is 1. The van der Waals surface area contributed by atoms with Crippen molar-refractivity contribution in [3.05, 3.63) is 59.7 Å². The number of benzene rings is 2.